The van der Waals surface area contributed by atoms with Crippen molar-refractivity contribution in [2.45, 2.75) is 37.6 Å². The Morgan fingerprint density at radius 2 is 1.75 bits per heavy atom. The molecule has 0 bridgehead atoms. The Bertz CT molecular complexity index is 1000. The summed E-state index contributed by atoms with van der Waals surface area (Å²) in [6, 6.07) is 14.1. The summed E-state index contributed by atoms with van der Waals surface area (Å²) in [5, 5.41) is 3.14. The van der Waals surface area contributed by atoms with Crippen LogP contribution in [0.3, 0.4) is 0 Å². The number of benzene rings is 2. The van der Waals surface area contributed by atoms with Gasteiger partial charge in [0.2, 0.25) is 10.0 Å². The minimum absolute atomic E-state index is 0.0733. The first-order valence-corrected chi connectivity index (χ1v) is 12.5. The number of amides is 1. The molecule has 8 heteroatoms. The predicted octanol–water partition coefficient (Wildman–Crippen LogP) is 3.62. The third kappa shape index (κ3) is 5.31. The molecule has 1 fully saturated rings. The maximum absolute atomic E-state index is 13.4. The third-order valence-electron chi connectivity index (χ3n) is 5.99. The first kappa shape index (κ1) is 24.2. The van der Waals surface area contributed by atoms with Crippen molar-refractivity contribution in [2.24, 2.45) is 5.92 Å². The zero-order chi connectivity index (χ0) is 23.1. The maximum atomic E-state index is 13.4. The first-order chi connectivity index (χ1) is 15.4. The lowest BCUT2D eigenvalue weighted by Gasteiger charge is -2.28. The normalized spacial score (nSPS) is 16.0. The molecule has 0 saturated carbocycles. The highest BCUT2D eigenvalue weighted by Crippen LogP contribution is 2.30. The Balaban J connectivity index is 1.94. The van der Waals surface area contributed by atoms with Gasteiger partial charge in [-0.25, -0.2) is 8.42 Å². The van der Waals surface area contributed by atoms with Crippen LogP contribution in [0.25, 0.3) is 0 Å². The molecule has 174 valence electrons. The van der Waals surface area contributed by atoms with Crippen LogP contribution < -0.4 is 10.1 Å². The number of morpholine rings is 1. The van der Waals surface area contributed by atoms with Crippen LogP contribution in [0.5, 0.6) is 5.75 Å². The number of hydrogen-bond donors (Lipinski definition) is 1. The average Bonchev–Trinajstić information content (AvgIpc) is 2.84. The number of hydrogen-bond acceptors (Lipinski definition) is 5. The number of sulfonamides is 1. The van der Waals surface area contributed by atoms with Crippen LogP contribution >= 0.6 is 0 Å². The number of ether oxygens (including phenoxy) is 2. The number of rotatable bonds is 9. The van der Waals surface area contributed by atoms with Gasteiger partial charge in [0.25, 0.3) is 5.91 Å². The summed E-state index contributed by atoms with van der Waals surface area (Å²) in [5.41, 5.74) is 1.22. The van der Waals surface area contributed by atoms with Gasteiger partial charge >= 0.3 is 0 Å². The molecule has 1 heterocycles. The summed E-state index contributed by atoms with van der Waals surface area (Å²) in [7, 11) is -2.26. The molecule has 1 saturated heterocycles. The molecule has 1 atom stereocenters. The second-order valence-electron chi connectivity index (χ2n) is 7.82. The van der Waals surface area contributed by atoms with E-state index in [1.807, 2.05) is 30.3 Å². The molecule has 2 aromatic carbocycles. The van der Waals surface area contributed by atoms with Crippen LogP contribution in [0, 0.1) is 5.92 Å². The van der Waals surface area contributed by atoms with Gasteiger partial charge in [0, 0.05) is 13.1 Å². The van der Waals surface area contributed by atoms with E-state index >= 15 is 0 Å². The number of nitrogens with zero attached hydrogens (tertiary/aromatic N) is 1. The van der Waals surface area contributed by atoms with Gasteiger partial charge in [-0.1, -0.05) is 57.0 Å². The Morgan fingerprint density at radius 1 is 1.09 bits per heavy atom. The van der Waals surface area contributed by atoms with Crippen LogP contribution in [0.1, 0.15) is 48.7 Å². The summed E-state index contributed by atoms with van der Waals surface area (Å²) < 4.78 is 38.3. The topological polar surface area (TPSA) is 84.9 Å². The van der Waals surface area contributed by atoms with Crippen molar-refractivity contribution in [1.29, 1.82) is 0 Å². The van der Waals surface area contributed by atoms with Crippen LogP contribution in [-0.4, -0.2) is 52.0 Å². The molecule has 0 radical (unpaired) electrons. The molecule has 1 amide bonds. The van der Waals surface area contributed by atoms with Gasteiger partial charge in [-0.15, -0.1) is 0 Å². The molecule has 1 N–H and O–H groups in total. The highest BCUT2D eigenvalue weighted by Gasteiger charge is 2.29. The minimum atomic E-state index is -3.73. The van der Waals surface area contributed by atoms with Gasteiger partial charge < -0.3 is 14.8 Å². The van der Waals surface area contributed by atoms with Gasteiger partial charge in [0.05, 0.1) is 36.8 Å². The molecule has 1 aliphatic rings. The lowest BCUT2D eigenvalue weighted by molar-refractivity contribution is 0.0730. The maximum Gasteiger partial charge on any atom is 0.255 e. The molecule has 0 aromatic heterocycles. The van der Waals surface area contributed by atoms with Gasteiger partial charge in [-0.3, -0.25) is 4.79 Å². The Kier molecular flexibility index (Phi) is 8.28. The number of methoxy groups -OCH3 is 1. The van der Waals surface area contributed by atoms with Crippen molar-refractivity contribution < 1.29 is 22.7 Å². The monoisotopic (exact) mass is 460 g/mol. The van der Waals surface area contributed by atoms with Crippen molar-refractivity contribution in [1.82, 2.24) is 9.62 Å². The van der Waals surface area contributed by atoms with Crippen LogP contribution in [-0.2, 0) is 14.8 Å². The molecule has 2 aromatic rings. The zero-order valence-electron chi connectivity index (χ0n) is 18.9. The molecule has 0 aliphatic carbocycles. The third-order valence-corrected chi connectivity index (χ3v) is 7.88. The molecule has 1 unspecified atom stereocenters. The fourth-order valence-corrected chi connectivity index (χ4v) is 5.51. The van der Waals surface area contributed by atoms with Gasteiger partial charge in [-0.05, 0) is 29.7 Å². The van der Waals surface area contributed by atoms with Crippen molar-refractivity contribution in [3.05, 3.63) is 59.7 Å². The van der Waals surface area contributed by atoms with E-state index in [2.05, 4.69) is 19.2 Å². The molecule has 32 heavy (non-hydrogen) atoms. The summed E-state index contributed by atoms with van der Waals surface area (Å²) in [4.78, 5) is 13.5. The number of carbonyl (C=O) groups excluding carboxylic acids is 1. The fraction of sp³-hybridized carbons (Fsp3) is 0.458. The lowest BCUT2D eigenvalue weighted by Crippen LogP contribution is -2.40. The Labute approximate surface area is 190 Å². The number of nitrogens with one attached hydrogen (secondary N) is 1. The van der Waals surface area contributed by atoms with E-state index in [4.69, 9.17) is 9.47 Å². The van der Waals surface area contributed by atoms with Crippen LogP contribution in [0.4, 0.5) is 0 Å². The quantitative estimate of drug-likeness (QED) is 0.618. The predicted molar refractivity (Wildman–Crippen MR) is 123 cm³/mol. The Hall–Kier alpha value is -2.42. The van der Waals surface area contributed by atoms with Crippen molar-refractivity contribution >= 4 is 15.9 Å². The summed E-state index contributed by atoms with van der Waals surface area (Å²) >= 11 is 0. The second kappa shape index (κ2) is 10.9. The fourth-order valence-electron chi connectivity index (χ4n) is 4.07. The van der Waals surface area contributed by atoms with Crippen LogP contribution in [0.15, 0.2) is 53.4 Å². The van der Waals surface area contributed by atoms with Crippen LogP contribution in [0.2, 0.25) is 0 Å². The largest absolute Gasteiger partial charge is 0.496 e. The highest BCUT2D eigenvalue weighted by molar-refractivity contribution is 7.89. The molecule has 7 nitrogen and oxygen atoms in total. The van der Waals surface area contributed by atoms with Gasteiger partial charge in [-0.2, -0.15) is 4.31 Å². The highest BCUT2D eigenvalue weighted by atomic mass is 32.2. The van der Waals surface area contributed by atoms with E-state index in [9.17, 15) is 13.2 Å². The summed E-state index contributed by atoms with van der Waals surface area (Å²) in [6.07, 6.45) is 1.80. The molecular formula is C24H32N2O5S. The molecule has 0 spiro atoms. The van der Waals surface area contributed by atoms with Gasteiger partial charge in [0.1, 0.15) is 5.75 Å². The first-order valence-electron chi connectivity index (χ1n) is 11.0. The van der Waals surface area contributed by atoms with Crippen molar-refractivity contribution in [3.8, 4) is 5.75 Å². The standard InChI is InChI=1S/C24H32N2O5S/c1-4-18(5-2)23(19-9-7-6-8-10-19)25-24(27)21-17-20(11-12-22(21)30-3)32(28,29)26-13-15-31-16-14-26/h6-12,17-18,23H,4-5,13-16H2,1-3H3,(H,25,27). The number of carbonyl (C=O) groups is 1. The molecule has 1 aliphatic heterocycles. The van der Waals surface area contributed by atoms with Crippen molar-refractivity contribution in [2.75, 3.05) is 33.4 Å². The van der Waals surface area contributed by atoms with Gasteiger partial charge in [0.15, 0.2) is 0 Å². The van der Waals surface area contributed by atoms with E-state index in [1.54, 1.807) is 0 Å². The van der Waals surface area contributed by atoms with E-state index < -0.39 is 10.0 Å². The second-order valence-corrected chi connectivity index (χ2v) is 9.75. The summed E-state index contributed by atoms with van der Waals surface area (Å²) in [5.74, 6) is 0.217. The van der Waals surface area contributed by atoms with E-state index in [0.29, 0.717) is 32.1 Å². The van der Waals surface area contributed by atoms with E-state index in [0.717, 1.165) is 18.4 Å². The molecule has 3 rings (SSSR count). The van der Waals surface area contributed by atoms with E-state index in [1.165, 1.54) is 29.6 Å². The SMILES string of the molecule is CCC(CC)C(NC(=O)c1cc(S(=O)(=O)N2CCOCC2)ccc1OC)c1ccccc1. The smallest absolute Gasteiger partial charge is 0.255 e. The average molecular weight is 461 g/mol. The lowest BCUT2D eigenvalue weighted by atomic mass is 9.88. The summed E-state index contributed by atoms with van der Waals surface area (Å²) in [6.45, 7) is 5.51. The minimum Gasteiger partial charge on any atom is -0.496 e. The van der Waals surface area contributed by atoms with E-state index in [-0.39, 0.29) is 28.3 Å². The Morgan fingerprint density at radius 3 is 2.34 bits per heavy atom. The molecular weight excluding hydrogens is 428 g/mol. The zero-order valence-corrected chi connectivity index (χ0v) is 19.7. The van der Waals surface area contributed by atoms with Crippen molar-refractivity contribution in [3.63, 3.8) is 0 Å².